The number of rotatable bonds is 6. The lowest BCUT2D eigenvalue weighted by Crippen LogP contribution is -2.41. The number of hydrogen-bond donors (Lipinski definition) is 1. The van der Waals surface area contributed by atoms with Gasteiger partial charge >= 0.3 is 0 Å². The van der Waals surface area contributed by atoms with Gasteiger partial charge in [-0.3, -0.25) is 0 Å². The summed E-state index contributed by atoms with van der Waals surface area (Å²) in [6.45, 7) is 2.84. The van der Waals surface area contributed by atoms with Crippen molar-refractivity contribution in [2.45, 2.75) is 32.1 Å². The molecule has 2 rings (SSSR count). The molecular formula is C14H26N2OS. The van der Waals surface area contributed by atoms with Crippen molar-refractivity contribution < 1.29 is 4.74 Å². The molecule has 2 aliphatic carbocycles. The van der Waals surface area contributed by atoms with Crippen LogP contribution in [0.15, 0.2) is 0 Å². The Balaban J connectivity index is 1.64. The molecule has 2 saturated carbocycles. The van der Waals surface area contributed by atoms with Crippen LogP contribution in [-0.2, 0) is 4.74 Å². The predicted molar refractivity (Wildman–Crippen MR) is 78.7 cm³/mol. The molecule has 0 spiro atoms. The van der Waals surface area contributed by atoms with Gasteiger partial charge in [-0.15, -0.1) is 0 Å². The zero-order chi connectivity index (χ0) is 13.0. The summed E-state index contributed by atoms with van der Waals surface area (Å²) < 4.78 is 5.03. The second kappa shape index (κ2) is 6.71. The van der Waals surface area contributed by atoms with Gasteiger partial charge in [0.2, 0.25) is 0 Å². The molecule has 18 heavy (non-hydrogen) atoms. The highest BCUT2D eigenvalue weighted by molar-refractivity contribution is 7.80. The van der Waals surface area contributed by atoms with Crippen molar-refractivity contribution in [3.63, 3.8) is 0 Å². The van der Waals surface area contributed by atoms with Crippen LogP contribution in [0.4, 0.5) is 0 Å². The quantitative estimate of drug-likeness (QED) is 0.591. The first-order valence-corrected chi connectivity index (χ1v) is 7.59. The summed E-state index contributed by atoms with van der Waals surface area (Å²) in [5.74, 6) is 2.89. The molecule has 0 amide bonds. The minimum Gasteiger partial charge on any atom is -0.385 e. The van der Waals surface area contributed by atoms with Gasteiger partial charge in [0, 0.05) is 33.9 Å². The minimum absolute atomic E-state index is 0.797. The monoisotopic (exact) mass is 270 g/mol. The Kier molecular flexibility index (Phi) is 5.25. The van der Waals surface area contributed by atoms with Gasteiger partial charge in [-0.25, -0.2) is 0 Å². The number of fused-ring (bicyclic) bond motifs is 2. The summed E-state index contributed by atoms with van der Waals surface area (Å²) in [4.78, 5) is 2.23. The molecule has 0 aliphatic heterocycles. The third-order valence-electron chi connectivity index (χ3n) is 4.54. The molecule has 0 aromatic rings. The highest BCUT2D eigenvalue weighted by Gasteiger charge is 2.39. The first-order chi connectivity index (χ1) is 8.70. The predicted octanol–water partition coefficient (Wildman–Crippen LogP) is 2.27. The molecule has 2 aliphatic rings. The largest absolute Gasteiger partial charge is 0.385 e. The van der Waals surface area contributed by atoms with Crippen molar-refractivity contribution in [3.8, 4) is 0 Å². The molecule has 0 aromatic carbocycles. The van der Waals surface area contributed by atoms with E-state index in [1.807, 2.05) is 0 Å². The Morgan fingerprint density at radius 1 is 1.39 bits per heavy atom. The smallest absolute Gasteiger partial charge is 0.168 e. The zero-order valence-electron chi connectivity index (χ0n) is 11.7. The Bertz CT molecular complexity index is 285. The SMILES string of the molecule is COCCCNC(=S)N(C)CC1CC2CCC1C2. The number of nitrogens with one attached hydrogen (secondary N) is 1. The van der Waals surface area contributed by atoms with Crippen LogP contribution < -0.4 is 5.32 Å². The minimum atomic E-state index is 0.797. The van der Waals surface area contributed by atoms with Gasteiger partial charge in [-0.1, -0.05) is 6.42 Å². The van der Waals surface area contributed by atoms with E-state index in [1.165, 1.54) is 25.7 Å². The van der Waals surface area contributed by atoms with Gasteiger partial charge < -0.3 is 15.0 Å². The normalized spacial score (nSPS) is 29.6. The fraction of sp³-hybridized carbons (Fsp3) is 0.929. The van der Waals surface area contributed by atoms with E-state index in [9.17, 15) is 0 Å². The van der Waals surface area contributed by atoms with E-state index in [-0.39, 0.29) is 0 Å². The lowest BCUT2D eigenvalue weighted by atomic mass is 9.88. The first kappa shape index (κ1) is 14.1. The molecule has 4 heteroatoms. The van der Waals surface area contributed by atoms with E-state index >= 15 is 0 Å². The van der Waals surface area contributed by atoms with Gasteiger partial charge in [-0.2, -0.15) is 0 Å². The average molecular weight is 270 g/mol. The number of ether oxygens (including phenoxy) is 1. The number of hydrogen-bond acceptors (Lipinski definition) is 2. The van der Waals surface area contributed by atoms with E-state index < -0.39 is 0 Å². The van der Waals surface area contributed by atoms with Gasteiger partial charge in [0.1, 0.15) is 0 Å². The van der Waals surface area contributed by atoms with Crippen LogP contribution in [-0.4, -0.2) is 43.9 Å². The maximum absolute atomic E-state index is 5.42. The molecule has 2 fully saturated rings. The van der Waals surface area contributed by atoms with Gasteiger partial charge in [0.15, 0.2) is 5.11 Å². The highest BCUT2D eigenvalue weighted by Crippen LogP contribution is 2.48. The lowest BCUT2D eigenvalue weighted by Gasteiger charge is -2.29. The number of nitrogens with zero attached hydrogens (tertiary/aromatic N) is 1. The summed E-state index contributed by atoms with van der Waals surface area (Å²) >= 11 is 5.42. The number of thiocarbonyl (C=S) groups is 1. The molecule has 0 heterocycles. The topological polar surface area (TPSA) is 24.5 Å². The average Bonchev–Trinajstić information content (AvgIpc) is 2.96. The zero-order valence-corrected chi connectivity index (χ0v) is 12.5. The Morgan fingerprint density at radius 2 is 2.22 bits per heavy atom. The molecule has 0 aromatic heterocycles. The maximum atomic E-state index is 5.42. The first-order valence-electron chi connectivity index (χ1n) is 7.18. The summed E-state index contributed by atoms with van der Waals surface area (Å²) in [6.07, 6.45) is 6.86. The molecule has 3 unspecified atom stereocenters. The standard InChI is InChI=1S/C14H26N2OS/c1-16(14(18)15-6-3-7-17-2)10-13-9-11-4-5-12(13)8-11/h11-13H,3-10H2,1-2H3,(H,15,18). The molecule has 1 N–H and O–H groups in total. The Labute approximate surface area is 116 Å². The molecule has 3 atom stereocenters. The molecule has 2 bridgehead atoms. The van der Waals surface area contributed by atoms with Gasteiger partial charge in [-0.05, 0) is 55.7 Å². The third kappa shape index (κ3) is 3.58. The second-order valence-corrected chi connectivity index (χ2v) is 6.28. The van der Waals surface area contributed by atoms with Crippen molar-refractivity contribution in [3.05, 3.63) is 0 Å². The van der Waals surface area contributed by atoms with E-state index in [0.29, 0.717) is 0 Å². The summed E-state index contributed by atoms with van der Waals surface area (Å²) in [5.41, 5.74) is 0. The third-order valence-corrected chi connectivity index (χ3v) is 5.00. The van der Waals surface area contributed by atoms with Crippen molar-refractivity contribution in [1.29, 1.82) is 0 Å². The van der Waals surface area contributed by atoms with E-state index in [2.05, 4.69) is 17.3 Å². The summed E-state index contributed by atoms with van der Waals surface area (Å²) in [6, 6.07) is 0. The lowest BCUT2D eigenvalue weighted by molar-refractivity contribution is 0.195. The van der Waals surface area contributed by atoms with Crippen molar-refractivity contribution in [1.82, 2.24) is 10.2 Å². The van der Waals surface area contributed by atoms with Crippen LogP contribution in [0.2, 0.25) is 0 Å². The van der Waals surface area contributed by atoms with E-state index in [1.54, 1.807) is 7.11 Å². The van der Waals surface area contributed by atoms with Crippen LogP contribution in [0.5, 0.6) is 0 Å². The van der Waals surface area contributed by atoms with Crippen LogP contribution in [0.1, 0.15) is 32.1 Å². The second-order valence-electron chi connectivity index (χ2n) is 5.89. The highest BCUT2D eigenvalue weighted by atomic mass is 32.1. The Hall–Kier alpha value is -0.350. The van der Waals surface area contributed by atoms with Crippen molar-refractivity contribution >= 4 is 17.3 Å². The fourth-order valence-electron chi connectivity index (χ4n) is 3.58. The van der Waals surface area contributed by atoms with Gasteiger partial charge in [0.25, 0.3) is 0 Å². The van der Waals surface area contributed by atoms with Gasteiger partial charge in [0.05, 0.1) is 0 Å². The fourth-order valence-corrected chi connectivity index (χ4v) is 3.76. The van der Waals surface area contributed by atoms with Crippen molar-refractivity contribution in [2.24, 2.45) is 17.8 Å². The molecule has 0 saturated heterocycles. The molecule has 0 radical (unpaired) electrons. The molecular weight excluding hydrogens is 244 g/mol. The summed E-state index contributed by atoms with van der Waals surface area (Å²) in [5, 5.41) is 4.21. The van der Waals surface area contributed by atoms with Crippen molar-refractivity contribution in [2.75, 3.05) is 33.9 Å². The molecule has 3 nitrogen and oxygen atoms in total. The van der Waals surface area contributed by atoms with Crippen LogP contribution >= 0.6 is 12.2 Å². The molecule has 104 valence electrons. The van der Waals surface area contributed by atoms with E-state index in [0.717, 1.165) is 49.0 Å². The number of methoxy groups -OCH3 is 1. The van der Waals surface area contributed by atoms with Crippen LogP contribution in [0, 0.1) is 17.8 Å². The maximum Gasteiger partial charge on any atom is 0.168 e. The summed E-state index contributed by atoms with van der Waals surface area (Å²) in [7, 11) is 3.86. The van der Waals surface area contributed by atoms with Crippen LogP contribution in [0.25, 0.3) is 0 Å². The Morgan fingerprint density at radius 3 is 2.83 bits per heavy atom. The van der Waals surface area contributed by atoms with Crippen LogP contribution in [0.3, 0.4) is 0 Å². The van der Waals surface area contributed by atoms with E-state index in [4.69, 9.17) is 17.0 Å².